The highest BCUT2D eigenvalue weighted by molar-refractivity contribution is 7.80. The summed E-state index contributed by atoms with van der Waals surface area (Å²) in [5, 5.41) is 15.5. The summed E-state index contributed by atoms with van der Waals surface area (Å²) in [4.78, 5) is 0. The second-order valence-electron chi connectivity index (χ2n) is 7.66. The van der Waals surface area contributed by atoms with E-state index in [0.717, 1.165) is 43.1 Å². The highest BCUT2D eigenvalue weighted by atomic mass is 32.3. The maximum atomic E-state index is 9.33. The van der Waals surface area contributed by atoms with Gasteiger partial charge < -0.3 is 10.6 Å². The number of rotatable bonds is 8. The lowest BCUT2D eigenvalue weighted by atomic mass is 9.93. The van der Waals surface area contributed by atoms with Crippen LogP contribution in [0.15, 0.2) is 40.8 Å². The molecule has 10 nitrogen and oxygen atoms in total. The Bertz CT molecular complexity index is 934. The van der Waals surface area contributed by atoms with Crippen molar-refractivity contribution in [3.8, 4) is 0 Å². The fraction of sp³-hybridized carbons (Fsp3) is 0.526. The smallest absolute Gasteiger partial charge is 0.384 e. The van der Waals surface area contributed by atoms with Gasteiger partial charge in [-0.25, -0.2) is 9.13 Å². The number of azo groups is 1. The number of anilines is 1. The largest absolute Gasteiger partial charge is 0.421 e. The van der Waals surface area contributed by atoms with Gasteiger partial charge in [-0.3, -0.25) is 8.74 Å². The van der Waals surface area contributed by atoms with Gasteiger partial charge in [0, 0.05) is 23.9 Å². The molecule has 0 bridgehead atoms. The van der Waals surface area contributed by atoms with Crippen molar-refractivity contribution in [1.82, 2.24) is 9.88 Å². The molecule has 0 saturated carbocycles. The van der Waals surface area contributed by atoms with Gasteiger partial charge in [-0.05, 0) is 43.1 Å². The summed E-state index contributed by atoms with van der Waals surface area (Å²) in [6, 6.07) is 6.19. The van der Waals surface area contributed by atoms with Gasteiger partial charge in [-0.2, -0.15) is 8.42 Å². The van der Waals surface area contributed by atoms with Crippen molar-refractivity contribution in [1.29, 1.82) is 0 Å². The third kappa shape index (κ3) is 8.99. The van der Waals surface area contributed by atoms with Crippen LogP contribution < -0.4 is 15.2 Å². The first-order valence-corrected chi connectivity index (χ1v) is 10.7. The molecule has 2 aromatic rings. The van der Waals surface area contributed by atoms with Crippen LogP contribution in [-0.4, -0.2) is 44.8 Å². The quantitative estimate of drug-likeness (QED) is 0.329. The average Bonchev–Trinajstić information content (AvgIpc) is 2.97. The van der Waals surface area contributed by atoms with E-state index in [9.17, 15) is 8.42 Å². The number of nitrogens with zero attached hydrogens (tertiary/aromatic N) is 4. The topological polar surface area (TPSA) is 121 Å². The zero-order chi connectivity index (χ0) is 22.9. The molecule has 30 heavy (non-hydrogen) atoms. The fourth-order valence-electron chi connectivity index (χ4n) is 2.58. The molecule has 2 rings (SSSR count). The SMILES string of the molecule is CNCC(C)(C)CNc1ccc(N=Nc2n(C)cc[n+]2C)c(C)c1.COS(=O)(=O)O. The van der Waals surface area contributed by atoms with Crippen LogP contribution in [0.2, 0.25) is 0 Å². The van der Waals surface area contributed by atoms with Crippen molar-refractivity contribution in [2.24, 2.45) is 29.7 Å². The summed E-state index contributed by atoms with van der Waals surface area (Å²) in [5.74, 6) is 0.811. The Balaban J connectivity index is 0.000000656. The maximum Gasteiger partial charge on any atom is 0.421 e. The molecule has 0 amide bonds. The lowest BCUT2D eigenvalue weighted by molar-refractivity contribution is -0.657. The third-order valence-corrected chi connectivity index (χ3v) is 4.65. The van der Waals surface area contributed by atoms with E-state index in [1.165, 1.54) is 0 Å². The molecule has 0 aliphatic rings. The third-order valence-electron chi connectivity index (χ3n) is 4.23. The summed E-state index contributed by atoms with van der Waals surface area (Å²) in [5.41, 5.74) is 3.30. The summed E-state index contributed by atoms with van der Waals surface area (Å²) < 4.78 is 33.6. The predicted octanol–water partition coefficient (Wildman–Crippen LogP) is 2.67. The van der Waals surface area contributed by atoms with E-state index in [0.29, 0.717) is 0 Å². The molecule has 1 heterocycles. The molecule has 0 aliphatic heterocycles. The number of aryl methyl sites for hydroxylation is 3. The number of hydrogen-bond donors (Lipinski definition) is 3. The van der Waals surface area contributed by atoms with Gasteiger partial charge >= 0.3 is 16.3 Å². The predicted molar refractivity (Wildman–Crippen MR) is 117 cm³/mol. The van der Waals surface area contributed by atoms with Crippen LogP contribution >= 0.6 is 0 Å². The summed E-state index contributed by atoms with van der Waals surface area (Å²) in [6.07, 6.45) is 3.92. The van der Waals surface area contributed by atoms with Crippen LogP contribution in [0.25, 0.3) is 0 Å². The Morgan fingerprint density at radius 2 is 1.90 bits per heavy atom. The lowest BCUT2D eigenvalue weighted by Gasteiger charge is -2.25. The molecule has 3 N–H and O–H groups in total. The number of nitrogens with one attached hydrogen (secondary N) is 2. The van der Waals surface area contributed by atoms with E-state index in [2.05, 4.69) is 57.9 Å². The Hall–Kier alpha value is -2.34. The van der Waals surface area contributed by atoms with Crippen LogP contribution in [0.5, 0.6) is 0 Å². The second kappa shape index (κ2) is 11.2. The normalized spacial score (nSPS) is 12.0. The number of hydrogen-bond acceptors (Lipinski definition) is 7. The zero-order valence-electron chi connectivity index (χ0n) is 18.7. The van der Waals surface area contributed by atoms with E-state index < -0.39 is 10.4 Å². The van der Waals surface area contributed by atoms with Crippen LogP contribution in [0.1, 0.15) is 19.4 Å². The van der Waals surface area contributed by atoms with Crippen molar-refractivity contribution in [3.05, 3.63) is 36.2 Å². The summed E-state index contributed by atoms with van der Waals surface area (Å²) in [6.45, 7) is 8.42. The minimum absolute atomic E-state index is 0.197. The molecule has 168 valence electrons. The molecular formula is C19H33N6O4S+. The molecule has 1 aromatic carbocycles. The van der Waals surface area contributed by atoms with Gasteiger partial charge in [0.15, 0.2) is 0 Å². The van der Waals surface area contributed by atoms with E-state index in [4.69, 9.17) is 4.55 Å². The molecule has 11 heteroatoms. The highest BCUT2D eigenvalue weighted by Gasteiger charge is 2.16. The minimum atomic E-state index is -4.16. The molecule has 0 fully saturated rings. The van der Waals surface area contributed by atoms with Crippen molar-refractivity contribution in [2.75, 3.05) is 32.6 Å². The van der Waals surface area contributed by atoms with Gasteiger partial charge in [-0.1, -0.05) is 19.0 Å². The molecule has 0 aliphatic carbocycles. The standard InChI is InChI=1S/C18H28N6.CH4O4S/c1-14-11-15(20-13-18(2,3)12-19-4)7-8-16(14)21-22-17-23(5)9-10-24(17)6;1-5-6(2,3)4/h7-11,19H,12-13H2,1-6H3;1H3,(H,2,3,4)/p+1. The van der Waals surface area contributed by atoms with Gasteiger partial charge in [0.1, 0.15) is 5.69 Å². The Morgan fingerprint density at radius 1 is 1.27 bits per heavy atom. The molecule has 0 unspecified atom stereocenters. The lowest BCUT2D eigenvalue weighted by Crippen LogP contribution is -2.33. The Kier molecular flexibility index (Phi) is 9.56. The van der Waals surface area contributed by atoms with Gasteiger partial charge in [0.05, 0.1) is 33.6 Å². The molecule has 0 atom stereocenters. The van der Waals surface area contributed by atoms with Gasteiger partial charge in [-0.15, -0.1) is 0 Å². The van der Waals surface area contributed by atoms with Crippen molar-refractivity contribution in [2.45, 2.75) is 20.8 Å². The minimum Gasteiger partial charge on any atom is -0.384 e. The van der Waals surface area contributed by atoms with E-state index >= 15 is 0 Å². The average molecular weight is 442 g/mol. The first-order valence-electron chi connectivity index (χ1n) is 9.33. The van der Waals surface area contributed by atoms with Crippen LogP contribution in [0.3, 0.4) is 0 Å². The van der Waals surface area contributed by atoms with Crippen LogP contribution in [0.4, 0.5) is 17.3 Å². The summed E-state index contributed by atoms with van der Waals surface area (Å²) in [7, 11) is 2.61. The molecule has 0 radical (unpaired) electrons. The molecule has 0 spiro atoms. The van der Waals surface area contributed by atoms with Gasteiger partial charge in [0.2, 0.25) is 0 Å². The number of benzene rings is 1. The first kappa shape index (κ1) is 25.7. The second-order valence-corrected chi connectivity index (χ2v) is 8.85. The molecule has 0 saturated heterocycles. The van der Waals surface area contributed by atoms with Crippen molar-refractivity contribution in [3.63, 3.8) is 0 Å². The first-order chi connectivity index (χ1) is 13.9. The Morgan fingerprint density at radius 3 is 2.37 bits per heavy atom. The molecule has 1 aromatic heterocycles. The maximum absolute atomic E-state index is 9.33. The Labute approximate surface area is 178 Å². The monoisotopic (exact) mass is 441 g/mol. The van der Waals surface area contributed by atoms with Gasteiger partial charge in [0.25, 0.3) is 0 Å². The van der Waals surface area contributed by atoms with E-state index in [1.807, 2.05) is 48.7 Å². The van der Waals surface area contributed by atoms with Crippen LogP contribution in [-0.2, 0) is 28.7 Å². The van der Waals surface area contributed by atoms with Crippen molar-refractivity contribution >= 4 is 27.7 Å². The number of imidazole rings is 1. The fourth-order valence-corrected chi connectivity index (χ4v) is 2.58. The zero-order valence-corrected chi connectivity index (χ0v) is 19.5. The number of aromatic nitrogens is 2. The molecular weight excluding hydrogens is 408 g/mol. The van der Waals surface area contributed by atoms with Crippen molar-refractivity contribution < 1.29 is 21.7 Å². The van der Waals surface area contributed by atoms with E-state index in [-0.39, 0.29) is 5.41 Å². The summed E-state index contributed by atoms with van der Waals surface area (Å²) >= 11 is 0. The highest BCUT2D eigenvalue weighted by Crippen LogP contribution is 2.25. The van der Waals surface area contributed by atoms with E-state index in [1.54, 1.807) is 0 Å². The van der Waals surface area contributed by atoms with Crippen LogP contribution in [0, 0.1) is 12.3 Å².